The van der Waals surface area contributed by atoms with Crippen LogP contribution in [0.2, 0.25) is 19.6 Å². The van der Waals surface area contributed by atoms with E-state index in [4.69, 9.17) is 5.26 Å². The van der Waals surface area contributed by atoms with E-state index in [0.717, 1.165) is 19.3 Å². The van der Waals surface area contributed by atoms with Crippen LogP contribution in [0.5, 0.6) is 0 Å². The lowest BCUT2D eigenvalue weighted by Crippen LogP contribution is -2.46. The Morgan fingerprint density at radius 2 is 2.18 bits per heavy atom. The van der Waals surface area contributed by atoms with Crippen molar-refractivity contribution in [3.63, 3.8) is 0 Å². The molecule has 1 aliphatic rings. The normalized spacial score (nSPS) is 30.1. The lowest BCUT2D eigenvalue weighted by Gasteiger charge is -2.33. The number of hydrogen-bond donors (Lipinski definition) is 1. The van der Waals surface area contributed by atoms with E-state index in [1.54, 1.807) is 0 Å². The van der Waals surface area contributed by atoms with Gasteiger partial charge in [-0.3, -0.25) is 4.90 Å². The Kier molecular flexibility index (Phi) is 4.53. The van der Waals surface area contributed by atoms with Gasteiger partial charge in [0.2, 0.25) is 0 Å². The van der Waals surface area contributed by atoms with E-state index in [-0.39, 0.29) is 6.04 Å². The van der Waals surface area contributed by atoms with Gasteiger partial charge in [-0.05, 0) is 26.3 Å². The smallest absolute Gasteiger partial charge is 0.0978 e. The number of nitrogens with zero attached hydrogens (tertiary/aromatic N) is 2. The topological polar surface area (TPSA) is 47.3 Å². The van der Waals surface area contributed by atoms with Crippen LogP contribution in [0.1, 0.15) is 19.3 Å². The Morgan fingerprint density at radius 3 is 2.71 bits per heavy atom. The van der Waals surface area contributed by atoms with Crippen molar-refractivity contribution >= 4 is 8.07 Å². The molecule has 4 heteroatoms. The average molecular weight is 252 g/mol. The molecule has 0 aromatic carbocycles. The number of nitriles is 1. The van der Waals surface area contributed by atoms with Crippen LogP contribution in [0.4, 0.5) is 0 Å². The molecule has 3 nitrogen and oxygen atoms in total. The third-order valence-electron chi connectivity index (χ3n) is 3.36. The van der Waals surface area contributed by atoms with Crippen LogP contribution >= 0.6 is 0 Å². The molecular weight excluding hydrogens is 228 g/mol. The zero-order chi connectivity index (χ0) is 13.1. The molecule has 0 saturated heterocycles. The average Bonchev–Trinajstić information content (AvgIpc) is 2.58. The minimum Gasteiger partial charge on any atom is -0.384 e. The van der Waals surface area contributed by atoms with E-state index >= 15 is 0 Å². The van der Waals surface area contributed by atoms with Gasteiger partial charge in [0.25, 0.3) is 0 Å². The van der Waals surface area contributed by atoms with Crippen molar-refractivity contribution in [3.05, 3.63) is 11.8 Å². The second-order valence-corrected chi connectivity index (χ2v) is 11.2. The Labute approximate surface area is 106 Å². The largest absolute Gasteiger partial charge is 0.384 e. The molecular formula is C13H24N2OSi. The van der Waals surface area contributed by atoms with Crippen LogP contribution in [0, 0.1) is 11.3 Å². The lowest BCUT2D eigenvalue weighted by atomic mass is 9.97. The highest BCUT2D eigenvalue weighted by Crippen LogP contribution is 2.34. The fraction of sp³-hybridized carbons (Fsp3) is 0.769. The van der Waals surface area contributed by atoms with Gasteiger partial charge in [0.05, 0.1) is 26.3 Å². The van der Waals surface area contributed by atoms with Crippen molar-refractivity contribution in [3.8, 4) is 6.07 Å². The summed E-state index contributed by atoms with van der Waals surface area (Å²) in [6.45, 7) is 7.16. The summed E-state index contributed by atoms with van der Waals surface area (Å²) in [5, 5.41) is 19.4. The SMILES string of the molecule is CN(CC#N)[C@H]1CCC[C@]1(O)/C=C/[Si](C)(C)C. The molecule has 0 radical (unpaired) electrons. The van der Waals surface area contributed by atoms with E-state index in [0.29, 0.717) is 6.54 Å². The first-order valence-corrected chi connectivity index (χ1v) is 9.86. The molecule has 17 heavy (non-hydrogen) atoms. The standard InChI is InChI=1S/C13H24N2OSi/c1-15(10-9-14)12-6-5-7-13(12,16)8-11-17(2,3)4/h8,11-12,16H,5-7,10H2,1-4H3/b11-8+/t12-,13-/m0/s1. The van der Waals surface area contributed by atoms with Crippen molar-refractivity contribution < 1.29 is 5.11 Å². The first-order chi connectivity index (χ1) is 7.78. The maximum Gasteiger partial charge on any atom is 0.0978 e. The van der Waals surface area contributed by atoms with Gasteiger partial charge in [0, 0.05) is 6.04 Å². The summed E-state index contributed by atoms with van der Waals surface area (Å²) in [6.07, 6.45) is 4.83. The zero-order valence-corrected chi connectivity index (χ0v) is 12.4. The van der Waals surface area contributed by atoms with Gasteiger partial charge in [0.1, 0.15) is 0 Å². The molecule has 0 aliphatic heterocycles. The molecule has 2 atom stereocenters. The van der Waals surface area contributed by atoms with E-state index in [1.165, 1.54) is 0 Å². The molecule has 0 amide bonds. The summed E-state index contributed by atoms with van der Waals surface area (Å²) in [6, 6.07) is 2.25. The maximum absolute atomic E-state index is 10.7. The molecule has 0 spiro atoms. The molecule has 1 aliphatic carbocycles. The molecule has 1 fully saturated rings. The molecule has 0 unspecified atom stereocenters. The monoisotopic (exact) mass is 252 g/mol. The highest BCUT2D eigenvalue weighted by atomic mass is 28.3. The van der Waals surface area contributed by atoms with E-state index < -0.39 is 13.7 Å². The minimum absolute atomic E-state index is 0.0924. The second-order valence-electron chi connectivity index (χ2n) is 6.17. The van der Waals surface area contributed by atoms with E-state index in [1.807, 2.05) is 18.0 Å². The number of aliphatic hydroxyl groups is 1. The number of hydrogen-bond acceptors (Lipinski definition) is 3. The number of likely N-dealkylation sites (N-methyl/N-ethyl adjacent to an activating group) is 1. The van der Waals surface area contributed by atoms with Crippen LogP contribution in [-0.2, 0) is 0 Å². The second kappa shape index (κ2) is 5.34. The molecule has 1 rings (SSSR count). The maximum atomic E-state index is 10.7. The zero-order valence-electron chi connectivity index (χ0n) is 11.4. The quantitative estimate of drug-likeness (QED) is 0.616. The van der Waals surface area contributed by atoms with Crippen molar-refractivity contribution in [2.24, 2.45) is 0 Å². The molecule has 96 valence electrons. The third-order valence-corrected chi connectivity index (χ3v) is 4.52. The summed E-state index contributed by atoms with van der Waals surface area (Å²) in [5.74, 6) is 0. The summed E-state index contributed by atoms with van der Waals surface area (Å²) in [7, 11) is 0.644. The fourth-order valence-electron chi connectivity index (χ4n) is 2.41. The predicted octanol–water partition coefficient (Wildman–Crippen LogP) is 2.16. The summed E-state index contributed by atoms with van der Waals surface area (Å²) in [4.78, 5) is 1.97. The molecule has 1 saturated carbocycles. The van der Waals surface area contributed by atoms with Gasteiger partial charge in [-0.1, -0.05) is 31.4 Å². The molecule has 0 bridgehead atoms. The van der Waals surface area contributed by atoms with Gasteiger partial charge >= 0.3 is 0 Å². The van der Waals surface area contributed by atoms with Crippen LogP contribution in [0.15, 0.2) is 11.8 Å². The minimum atomic E-state index is -1.28. The van der Waals surface area contributed by atoms with Crippen LogP contribution in [0.25, 0.3) is 0 Å². The Morgan fingerprint density at radius 1 is 1.53 bits per heavy atom. The Hall–Kier alpha value is -0.633. The van der Waals surface area contributed by atoms with Crippen LogP contribution in [0.3, 0.4) is 0 Å². The Balaban J connectivity index is 2.80. The summed E-state index contributed by atoms with van der Waals surface area (Å²) < 4.78 is 0. The fourth-order valence-corrected chi connectivity index (χ4v) is 3.20. The first kappa shape index (κ1) is 14.4. The summed E-state index contributed by atoms with van der Waals surface area (Å²) in [5.41, 5.74) is 1.48. The molecule has 1 N–H and O–H groups in total. The predicted molar refractivity (Wildman–Crippen MR) is 73.3 cm³/mol. The van der Waals surface area contributed by atoms with Crippen molar-refractivity contribution in [2.75, 3.05) is 13.6 Å². The van der Waals surface area contributed by atoms with E-state index in [2.05, 4.69) is 31.4 Å². The number of rotatable bonds is 4. The Bertz CT molecular complexity index is 329. The van der Waals surface area contributed by atoms with Crippen LogP contribution in [-0.4, -0.2) is 43.3 Å². The van der Waals surface area contributed by atoms with Gasteiger partial charge in [-0.15, -0.1) is 0 Å². The summed E-state index contributed by atoms with van der Waals surface area (Å²) >= 11 is 0. The first-order valence-electron chi connectivity index (χ1n) is 6.28. The van der Waals surface area contributed by atoms with Gasteiger partial charge < -0.3 is 5.11 Å². The van der Waals surface area contributed by atoms with Gasteiger partial charge in [-0.25, -0.2) is 0 Å². The third kappa shape index (κ3) is 3.95. The van der Waals surface area contributed by atoms with Gasteiger partial charge in [0.15, 0.2) is 0 Å². The van der Waals surface area contributed by atoms with Crippen molar-refractivity contribution in [1.82, 2.24) is 4.90 Å². The molecule has 0 aromatic rings. The molecule has 0 heterocycles. The lowest BCUT2D eigenvalue weighted by molar-refractivity contribution is 0.0257. The van der Waals surface area contributed by atoms with Gasteiger partial charge in [-0.2, -0.15) is 5.26 Å². The highest BCUT2D eigenvalue weighted by molar-refractivity contribution is 6.80. The van der Waals surface area contributed by atoms with Crippen molar-refractivity contribution in [2.45, 2.75) is 50.5 Å². The van der Waals surface area contributed by atoms with Crippen molar-refractivity contribution in [1.29, 1.82) is 5.26 Å². The molecule has 0 aromatic heterocycles. The van der Waals surface area contributed by atoms with Crippen LogP contribution < -0.4 is 0 Å². The van der Waals surface area contributed by atoms with E-state index in [9.17, 15) is 5.11 Å². The highest BCUT2D eigenvalue weighted by Gasteiger charge is 2.41.